The molecule has 0 unspecified atom stereocenters. The van der Waals surface area contributed by atoms with Crippen LogP contribution in [0.1, 0.15) is 96.8 Å². The van der Waals surface area contributed by atoms with Gasteiger partial charge >= 0.3 is 0 Å². The Morgan fingerprint density at radius 1 is 0.800 bits per heavy atom. The molecule has 0 aromatic heterocycles. The molecule has 2 nitrogen and oxygen atoms in total. The van der Waals surface area contributed by atoms with E-state index in [9.17, 15) is 0 Å². The van der Waals surface area contributed by atoms with Gasteiger partial charge in [0.15, 0.2) is 0 Å². The largest absolute Gasteiger partial charge is 0.380 e. The number of hydrogen-bond acceptors (Lipinski definition) is 2. The van der Waals surface area contributed by atoms with Crippen LogP contribution >= 0.6 is 0 Å². The smallest absolute Gasteiger partial charge is 0.0646 e. The fraction of sp³-hybridized carbons (Fsp3) is 1.00. The summed E-state index contributed by atoms with van der Waals surface area (Å²) >= 11 is 0. The Morgan fingerprint density at radius 2 is 1.30 bits per heavy atom. The van der Waals surface area contributed by atoms with Crippen LogP contribution in [0.3, 0.4) is 0 Å². The fourth-order valence-corrected chi connectivity index (χ4v) is 3.19. The van der Waals surface area contributed by atoms with Gasteiger partial charge in [-0.25, -0.2) is 0 Å². The van der Waals surface area contributed by atoms with Gasteiger partial charge in [0.2, 0.25) is 0 Å². The zero-order valence-electron chi connectivity index (χ0n) is 13.8. The Kier molecular flexibility index (Phi) is 10.4. The summed E-state index contributed by atoms with van der Waals surface area (Å²) in [6.45, 7) is 3.97. The van der Waals surface area contributed by atoms with E-state index in [4.69, 9.17) is 10.5 Å². The van der Waals surface area contributed by atoms with E-state index in [-0.39, 0.29) is 5.54 Å². The van der Waals surface area contributed by atoms with Gasteiger partial charge in [-0.15, -0.1) is 0 Å². The van der Waals surface area contributed by atoms with Crippen LogP contribution in [0.15, 0.2) is 0 Å². The molecule has 0 aromatic rings. The van der Waals surface area contributed by atoms with E-state index in [1.165, 1.54) is 77.0 Å². The van der Waals surface area contributed by atoms with Gasteiger partial charge in [0, 0.05) is 12.1 Å². The first-order valence-corrected chi connectivity index (χ1v) is 9.13. The Hall–Kier alpha value is -0.0800. The Labute approximate surface area is 126 Å². The second kappa shape index (κ2) is 11.6. The molecule has 0 aliphatic heterocycles. The molecule has 20 heavy (non-hydrogen) atoms. The highest BCUT2D eigenvalue weighted by Gasteiger charge is 2.29. The predicted molar refractivity (Wildman–Crippen MR) is 88.0 cm³/mol. The van der Waals surface area contributed by atoms with E-state index in [0.717, 1.165) is 26.1 Å². The second-order valence-electron chi connectivity index (χ2n) is 6.80. The van der Waals surface area contributed by atoms with Crippen LogP contribution in [-0.4, -0.2) is 18.8 Å². The van der Waals surface area contributed by atoms with Gasteiger partial charge in [0.25, 0.3) is 0 Å². The maximum atomic E-state index is 6.26. The van der Waals surface area contributed by atoms with Gasteiger partial charge in [-0.2, -0.15) is 0 Å². The van der Waals surface area contributed by atoms with E-state index >= 15 is 0 Å². The monoisotopic (exact) mass is 283 g/mol. The van der Waals surface area contributed by atoms with Gasteiger partial charge < -0.3 is 10.5 Å². The topological polar surface area (TPSA) is 35.2 Å². The maximum Gasteiger partial charge on any atom is 0.0646 e. The molecule has 0 bridgehead atoms. The summed E-state index contributed by atoms with van der Waals surface area (Å²) in [4.78, 5) is 0. The van der Waals surface area contributed by atoms with Crippen LogP contribution in [0, 0.1) is 0 Å². The Bertz CT molecular complexity index is 211. The predicted octanol–water partition coefficient (Wildman–Crippen LogP) is 5.20. The summed E-state index contributed by atoms with van der Waals surface area (Å²) in [7, 11) is 0. The molecule has 120 valence electrons. The molecule has 0 atom stereocenters. The molecular weight excluding hydrogens is 246 g/mol. The third-order valence-corrected chi connectivity index (χ3v) is 4.63. The van der Waals surface area contributed by atoms with Gasteiger partial charge in [-0.1, -0.05) is 77.6 Å². The van der Waals surface area contributed by atoms with Crippen molar-refractivity contribution in [2.75, 3.05) is 13.2 Å². The number of rotatable bonds is 13. The summed E-state index contributed by atoms with van der Waals surface area (Å²) < 4.78 is 5.77. The Morgan fingerprint density at radius 3 is 1.85 bits per heavy atom. The van der Waals surface area contributed by atoms with Crippen LogP contribution in [0.2, 0.25) is 0 Å². The molecule has 2 N–H and O–H groups in total. The van der Waals surface area contributed by atoms with Gasteiger partial charge in [-0.3, -0.25) is 0 Å². The first-order valence-electron chi connectivity index (χ1n) is 9.13. The lowest BCUT2D eigenvalue weighted by Gasteiger charge is -2.23. The van der Waals surface area contributed by atoms with Crippen molar-refractivity contribution in [3.63, 3.8) is 0 Å². The third-order valence-electron chi connectivity index (χ3n) is 4.63. The minimum Gasteiger partial charge on any atom is -0.380 e. The van der Waals surface area contributed by atoms with Crippen molar-refractivity contribution in [2.24, 2.45) is 5.73 Å². The van der Waals surface area contributed by atoms with E-state index in [2.05, 4.69) is 6.92 Å². The highest BCUT2D eigenvalue weighted by Crippen LogP contribution is 2.27. The molecule has 0 amide bonds. The lowest BCUT2D eigenvalue weighted by Crippen LogP contribution is -2.41. The maximum absolute atomic E-state index is 6.26. The standard InChI is InChI=1S/C18H37NO/c1-2-3-4-5-6-7-8-9-10-13-16-20-17-18(19)14-11-12-15-18/h2-17,19H2,1H3. The highest BCUT2D eigenvalue weighted by atomic mass is 16.5. The first-order chi connectivity index (χ1) is 9.77. The van der Waals surface area contributed by atoms with Crippen molar-refractivity contribution in [1.82, 2.24) is 0 Å². The average Bonchev–Trinajstić information content (AvgIpc) is 2.87. The fourth-order valence-electron chi connectivity index (χ4n) is 3.19. The number of ether oxygens (including phenoxy) is 1. The molecule has 2 heteroatoms. The molecule has 0 radical (unpaired) electrons. The van der Waals surface area contributed by atoms with Crippen LogP contribution < -0.4 is 5.73 Å². The molecule has 0 heterocycles. The molecule has 0 aromatic carbocycles. The zero-order valence-corrected chi connectivity index (χ0v) is 13.8. The van der Waals surface area contributed by atoms with Crippen molar-refractivity contribution in [1.29, 1.82) is 0 Å². The minimum absolute atomic E-state index is 0.0124. The van der Waals surface area contributed by atoms with Gasteiger partial charge in [0.05, 0.1) is 6.61 Å². The summed E-state index contributed by atoms with van der Waals surface area (Å²) in [5.74, 6) is 0. The number of nitrogens with two attached hydrogens (primary N) is 1. The van der Waals surface area contributed by atoms with Crippen molar-refractivity contribution in [3.8, 4) is 0 Å². The van der Waals surface area contributed by atoms with E-state index in [1.807, 2.05) is 0 Å². The van der Waals surface area contributed by atoms with Gasteiger partial charge in [-0.05, 0) is 19.3 Å². The number of hydrogen-bond donors (Lipinski definition) is 1. The quantitative estimate of drug-likeness (QED) is 0.472. The van der Waals surface area contributed by atoms with Crippen molar-refractivity contribution >= 4 is 0 Å². The second-order valence-corrected chi connectivity index (χ2v) is 6.80. The third kappa shape index (κ3) is 8.97. The van der Waals surface area contributed by atoms with Crippen molar-refractivity contribution < 1.29 is 4.74 Å². The van der Waals surface area contributed by atoms with E-state index in [0.29, 0.717) is 0 Å². The van der Waals surface area contributed by atoms with Crippen LogP contribution in [0.5, 0.6) is 0 Å². The van der Waals surface area contributed by atoms with Crippen LogP contribution in [0.4, 0.5) is 0 Å². The molecule has 1 fully saturated rings. The lowest BCUT2D eigenvalue weighted by atomic mass is 10.0. The molecule has 1 aliphatic rings. The average molecular weight is 284 g/mol. The summed E-state index contributed by atoms with van der Waals surface area (Å²) in [5.41, 5.74) is 6.28. The summed E-state index contributed by atoms with van der Waals surface area (Å²) in [5, 5.41) is 0. The van der Waals surface area contributed by atoms with E-state index < -0.39 is 0 Å². The molecule has 1 rings (SSSR count). The minimum atomic E-state index is 0.0124. The lowest BCUT2D eigenvalue weighted by molar-refractivity contribution is 0.0838. The first kappa shape index (κ1) is 18.0. The number of unbranched alkanes of at least 4 members (excludes halogenated alkanes) is 9. The molecule has 0 spiro atoms. The molecule has 0 saturated heterocycles. The van der Waals surface area contributed by atoms with Crippen LogP contribution in [-0.2, 0) is 4.74 Å². The zero-order chi connectivity index (χ0) is 14.5. The summed E-state index contributed by atoms with van der Waals surface area (Å²) in [6, 6.07) is 0. The Balaban J connectivity index is 1.74. The SMILES string of the molecule is CCCCCCCCCCCCOCC1(N)CCCC1. The summed E-state index contributed by atoms with van der Waals surface area (Å²) in [6.07, 6.45) is 18.7. The van der Waals surface area contributed by atoms with Crippen molar-refractivity contribution in [2.45, 2.75) is 102 Å². The van der Waals surface area contributed by atoms with Crippen LogP contribution in [0.25, 0.3) is 0 Å². The molecular formula is C18H37NO. The molecule has 1 saturated carbocycles. The highest BCUT2D eigenvalue weighted by molar-refractivity contribution is 4.88. The van der Waals surface area contributed by atoms with Crippen molar-refractivity contribution in [3.05, 3.63) is 0 Å². The van der Waals surface area contributed by atoms with E-state index in [1.54, 1.807) is 0 Å². The normalized spacial score (nSPS) is 17.7. The molecule has 1 aliphatic carbocycles. The van der Waals surface area contributed by atoms with Gasteiger partial charge in [0.1, 0.15) is 0 Å².